The fourth-order valence-corrected chi connectivity index (χ4v) is 2.35. The number of aromatic nitrogens is 1. The van der Waals surface area contributed by atoms with E-state index in [-0.39, 0.29) is 12.1 Å². The Balaban J connectivity index is 2.02. The molecule has 0 fully saturated rings. The van der Waals surface area contributed by atoms with Crippen LogP contribution in [0.25, 0.3) is 10.9 Å². The number of carbonyl (C=O) groups is 1. The molecule has 2 N–H and O–H groups in total. The van der Waals surface area contributed by atoms with Crippen LogP contribution in [0.1, 0.15) is 6.92 Å². The van der Waals surface area contributed by atoms with Crippen molar-refractivity contribution in [2.45, 2.75) is 19.5 Å². The maximum absolute atomic E-state index is 11.9. The van der Waals surface area contributed by atoms with Crippen LogP contribution in [0.3, 0.4) is 0 Å². The van der Waals surface area contributed by atoms with Gasteiger partial charge in [0.15, 0.2) is 0 Å². The largest absolute Gasteiger partial charge is 0.383 e. The summed E-state index contributed by atoms with van der Waals surface area (Å²) in [6, 6.07) is 7.61. The summed E-state index contributed by atoms with van der Waals surface area (Å²) in [7, 11) is 3.30. The SMILES string of the molecule is COCCn1ccc2cc(NC(=O)NC(C)COC)ccc21. The number of hydrogen-bond donors (Lipinski definition) is 2. The zero-order chi connectivity index (χ0) is 15.9. The van der Waals surface area contributed by atoms with Crippen LogP contribution in [-0.4, -0.2) is 44.1 Å². The summed E-state index contributed by atoms with van der Waals surface area (Å²) in [5, 5.41) is 6.73. The zero-order valence-corrected chi connectivity index (χ0v) is 13.3. The van der Waals surface area contributed by atoms with E-state index in [0.717, 1.165) is 23.1 Å². The summed E-state index contributed by atoms with van der Waals surface area (Å²) < 4.78 is 12.2. The van der Waals surface area contributed by atoms with Crippen molar-refractivity contribution in [2.75, 3.05) is 32.8 Å². The van der Waals surface area contributed by atoms with Gasteiger partial charge >= 0.3 is 6.03 Å². The van der Waals surface area contributed by atoms with Gasteiger partial charge in [0.05, 0.1) is 19.3 Å². The second kappa shape index (κ2) is 7.82. The molecule has 2 rings (SSSR count). The molecule has 0 radical (unpaired) electrons. The maximum Gasteiger partial charge on any atom is 0.319 e. The van der Waals surface area contributed by atoms with Crippen molar-refractivity contribution < 1.29 is 14.3 Å². The Bertz CT molecular complexity index is 624. The molecule has 2 aromatic rings. The number of ether oxygens (including phenoxy) is 2. The molecule has 1 atom stereocenters. The van der Waals surface area contributed by atoms with Gasteiger partial charge < -0.3 is 24.7 Å². The Labute approximate surface area is 130 Å². The fourth-order valence-electron chi connectivity index (χ4n) is 2.35. The Morgan fingerprint density at radius 1 is 1.27 bits per heavy atom. The van der Waals surface area contributed by atoms with E-state index in [1.807, 2.05) is 37.4 Å². The van der Waals surface area contributed by atoms with E-state index >= 15 is 0 Å². The first kappa shape index (κ1) is 16.3. The van der Waals surface area contributed by atoms with Gasteiger partial charge in [-0.25, -0.2) is 4.79 Å². The minimum absolute atomic E-state index is 0.0381. The van der Waals surface area contributed by atoms with Gasteiger partial charge in [0, 0.05) is 43.6 Å². The Kier molecular flexibility index (Phi) is 5.80. The third-order valence-electron chi connectivity index (χ3n) is 3.36. The number of benzene rings is 1. The van der Waals surface area contributed by atoms with Crippen molar-refractivity contribution >= 4 is 22.6 Å². The number of rotatable bonds is 7. The van der Waals surface area contributed by atoms with E-state index in [4.69, 9.17) is 9.47 Å². The van der Waals surface area contributed by atoms with Crippen LogP contribution in [0.4, 0.5) is 10.5 Å². The quantitative estimate of drug-likeness (QED) is 0.826. The van der Waals surface area contributed by atoms with Crippen LogP contribution in [0.2, 0.25) is 0 Å². The maximum atomic E-state index is 11.9. The molecule has 2 amide bonds. The number of methoxy groups -OCH3 is 2. The van der Waals surface area contributed by atoms with Crippen LogP contribution in [-0.2, 0) is 16.0 Å². The second-order valence-electron chi connectivity index (χ2n) is 5.23. The standard InChI is InChI=1S/C16H23N3O3/c1-12(11-22-3)17-16(20)18-14-4-5-15-13(10-14)6-7-19(15)8-9-21-2/h4-7,10,12H,8-9,11H2,1-3H3,(H2,17,18,20). The van der Waals surface area contributed by atoms with Gasteiger partial charge in [-0.05, 0) is 31.2 Å². The third-order valence-corrected chi connectivity index (χ3v) is 3.36. The monoisotopic (exact) mass is 305 g/mol. The number of fused-ring (bicyclic) bond motifs is 1. The summed E-state index contributed by atoms with van der Waals surface area (Å²) in [4.78, 5) is 11.9. The average Bonchev–Trinajstić information content (AvgIpc) is 2.87. The lowest BCUT2D eigenvalue weighted by Gasteiger charge is -2.13. The number of anilines is 1. The van der Waals surface area contributed by atoms with Crippen molar-refractivity contribution in [1.29, 1.82) is 0 Å². The van der Waals surface area contributed by atoms with E-state index < -0.39 is 0 Å². The van der Waals surface area contributed by atoms with Gasteiger partial charge in [0.2, 0.25) is 0 Å². The number of urea groups is 1. The molecule has 0 saturated heterocycles. The van der Waals surface area contributed by atoms with Crippen LogP contribution in [0, 0.1) is 0 Å². The molecular formula is C16H23N3O3. The van der Waals surface area contributed by atoms with Gasteiger partial charge in [-0.3, -0.25) is 0 Å². The molecule has 6 heteroatoms. The van der Waals surface area contributed by atoms with Gasteiger partial charge in [0.25, 0.3) is 0 Å². The molecule has 1 aromatic heterocycles. The second-order valence-corrected chi connectivity index (χ2v) is 5.23. The van der Waals surface area contributed by atoms with Crippen LogP contribution in [0.5, 0.6) is 0 Å². The molecule has 0 aliphatic rings. The average molecular weight is 305 g/mol. The summed E-state index contributed by atoms with van der Waals surface area (Å²) >= 11 is 0. The van der Waals surface area contributed by atoms with Gasteiger partial charge in [-0.1, -0.05) is 0 Å². The highest BCUT2D eigenvalue weighted by Gasteiger charge is 2.08. The minimum atomic E-state index is -0.234. The highest BCUT2D eigenvalue weighted by Crippen LogP contribution is 2.20. The lowest BCUT2D eigenvalue weighted by molar-refractivity contribution is 0.173. The molecule has 22 heavy (non-hydrogen) atoms. The third kappa shape index (κ3) is 4.22. The lowest BCUT2D eigenvalue weighted by atomic mass is 10.2. The number of amides is 2. The van der Waals surface area contributed by atoms with E-state index in [0.29, 0.717) is 13.2 Å². The molecule has 1 heterocycles. The van der Waals surface area contributed by atoms with Crippen molar-refractivity contribution in [3.05, 3.63) is 30.5 Å². The highest BCUT2D eigenvalue weighted by atomic mass is 16.5. The lowest BCUT2D eigenvalue weighted by Crippen LogP contribution is -2.38. The van der Waals surface area contributed by atoms with Crippen LogP contribution in [0.15, 0.2) is 30.5 Å². The van der Waals surface area contributed by atoms with E-state index in [1.165, 1.54) is 0 Å². The summed E-state index contributed by atoms with van der Waals surface area (Å²) in [6.07, 6.45) is 2.02. The summed E-state index contributed by atoms with van der Waals surface area (Å²) in [5.74, 6) is 0. The smallest absolute Gasteiger partial charge is 0.319 e. The molecule has 1 unspecified atom stereocenters. The molecule has 0 aliphatic heterocycles. The summed E-state index contributed by atoms with van der Waals surface area (Å²) in [5.41, 5.74) is 1.88. The Morgan fingerprint density at radius 3 is 2.82 bits per heavy atom. The topological polar surface area (TPSA) is 64.5 Å². The van der Waals surface area contributed by atoms with Crippen molar-refractivity contribution in [3.8, 4) is 0 Å². The molecule has 1 aromatic carbocycles. The molecule has 0 aliphatic carbocycles. The van der Waals surface area contributed by atoms with Gasteiger partial charge in [0.1, 0.15) is 0 Å². The molecular weight excluding hydrogens is 282 g/mol. The van der Waals surface area contributed by atoms with E-state index in [2.05, 4.69) is 15.2 Å². The minimum Gasteiger partial charge on any atom is -0.383 e. The fraction of sp³-hybridized carbons (Fsp3) is 0.438. The van der Waals surface area contributed by atoms with Crippen molar-refractivity contribution in [2.24, 2.45) is 0 Å². The Morgan fingerprint density at radius 2 is 2.09 bits per heavy atom. The van der Waals surface area contributed by atoms with E-state index in [9.17, 15) is 4.79 Å². The molecule has 0 bridgehead atoms. The first-order valence-electron chi connectivity index (χ1n) is 7.28. The normalized spacial score (nSPS) is 12.3. The van der Waals surface area contributed by atoms with E-state index in [1.54, 1.807) is 14.2 Å². The predicted molar refractivity (Wildman–Crippen MR) is 87.3 cm³/mol. The van der Waals surface area contributed by atoms with Gasteiger partial charge in [-0.15, -0.1) is 0 Å². The highest BCUT2D eigenvalue weighted by molar-refractivity contribution is 5.93. The molecule has 6 nitrogen and oxygen atoms in total. The van der Waals surface area contributed by atoms with Crippen LogP contribution >= 0.6 is 0 Å². The first-order valence-corrected chi connectivity index (χ1v) is 7.28. The van der Waals surface area contributed by atoms with Gasteiger partial charge in [-0.2, -0.15) is 0 Å². The van der Waals surface area contributed by atoms with Crippen molar-refractivity contribution in [1.82, 2.24) is 9.88 Å². The molecule has 0 saturated carbocycles. The predicted octanol–water partition coefficient (Wildman–Crippen LogP) is 2.44. The number of hydrogen-bond acceptors (Lipinski definition) is 3. The number of carbonyl (C=O) groups excluding carboxylic acids is 1. The summed E-state index contributed by atoms with van der Waals surface area (Å²) in [6.45, 7) is 3.85. The van der Waals surface area contributed by atoms with Crippen LogP contribution < -0.4 is 10.6 Å². The Hall–Kier alpha value is -2.05. The first-order chi connectivity index (χ1) is 10.6. The van der Waals surface area contributed by atoms with Crippen molar-refractivity contribution in [3.63, 3.8) is 0 Å². The number of nitrogens with one attached hydrogen (secondary N) is 2. The molecule has 120 valence electrons. The molecule has 0 spiro atoms. The number of nitrogens with zero attached hydrogens (tertiary/aromatic N) is 1. The zero-order valence-electron chi connectivity index (χ0n) is 13.3.